The maximum Gasteiger partial charge on any atom is 0.407 e. The number of fused-ring (bicyclic) bond motifs is 1. The average molecular weight is 488 g/mol. The first-order valence-electron chi connectivity index (χ1n) is 9.88. The highest BCUT2D eigenvalue weighted by Gasteiger charge is 2.48. The molecule has 2 aliphatic heterocycles. The van der Waals surface area contributed by atoms with Crippen molar-refractivity contribution in [3.8, 4) is 0 Å². The number of aliphatic imine (C=N–C) groups is 1. The SMILES string of the molecule is CC(C)(C)OC(=O)NCCC(=O)N=C1SC2CS(=O)(=O)CC2N1Cc1ccc(Cl)cc1. The second kappa shape index (κ2) is 9.38. The first-order chi connectivity index (χ1) is 14.4. The number of carbonyl (C=O) groups excluding carboxylic acids is 2. The fraction of sp³-hybridized carbons (Fsp3) is 0.550. The van der Waals surface area contributed by atoms with Crippen molar-refractivity contribution in [1.82, 2.24) is 10.2 Å². The van der Waals surface area contributed by atoms with Gasteiger partial charge in [0.2, 0.25) is 5.91 Å². The predicted molar refractivity (Wildman–Crippen MR) is 122 cm³/mol. The summed E-state index contributed by atoms with van der Waals surface area (Å²) in [5.74, 6) is -0.263. The number of rotatable bonds is 5. The van der Waals surface area contributed by atoms with E-state index in [1.807, 2.05) is 17.0 Å². The molecule has 2 amide bonds. The summed E-state index contributed by atoms with van der Waals surface area (Å²) in [6, 6.07) is 7.06. The second-order valence-corrected chi connectivity index (χ2v) is 12.3. The lowest BCUT2D eigenvalue weighted by Crippen LogP contribution is -2.37. The van der Waals surface area contributed by atoms with Crippen LogP contribution in [0.1, 0.15) is 32.8 Å². The summed E-state index contributed by atoms with van der Waals surface area (Å²) in [5.41, 5.74) is 0.330. The molecule has 0 spiro atoms. The van der Waals surface area contributed by atoms with Gasteiger partial charge in [-0.2, -0.15) is 4.99 Å². The predicted octanol–water partition coefficient (Wildman–Crippen LogP) is 2.85. The van der Waals surface area contributed by atoms with E-state index < -0.39 is 21.5 Å². The Balaban J connectivity index is 1.66. The zero-order chi connectivity index (χ0) is 22.8. The molecule has 0 saturated carbocycles. The van der Waals surface area contributed by atoms with Crippen LogP contribution >= 0.6 is 23.4 Å². The monoisotopic (exact) mass is 487 g/mol. The van der Waals surface area contributed by atoms with Gasteiger partial charge in [0, 0.05) is 29.8 Å². The van der Waals surface area contributed by atoms with Crippen LogP contribution in [-0.2, 0) is 25.9 Å². The number of ether oxygens (including phenoxy) is 1. The van der Waals surface area contributed by atoms with Gasteiger partial charge in [0.1, 0.15) is 5.60 Å². The average Bonchev–Trinajstić information content (AvgIpc) is 3.07. The number of halogens is 1. The molecule has 2 aliphatic rings. The molecule has 2 heterocycles. The Morgan fingerprint density at radius 1 is 1.26 bits per heavy atom. The summed E-state index contributed by atoms with van der Waals surface area (Å²) in [4.78, 5) is 30.2. The number of amides is 2. The van der Waals surface area contributed by atoms with Gasteiger partial charge in [-0.3, -0.25) is 4.79 Å². The largest absolute Gasteiger partial charge is 0.444 e. The van der Waals surface area contributed by atoms with Gasteiger partial charge in [-0.1, -0.05) is 35.5 Å². The summed E-state index contributed by atoms with van der Waals surface area (Å²) in [7, 11) is -3.11. The minimum atomic E-state index is -3.11. The van der Waals surface area contributed by atoms with E-state index in [2.05, 4.69) is 10.3 Å². The minimum absolute atomic E-state index is 0.0196. The normalized spacial score (nSPS) is 23.6. The first kappa shape index (κ1) is 23.9. The number of nitrogens with one attached hydrogen (secondary N) is 1. The molecule has 2 fully saturated rings. The molecule has 0 bridgehead atoms. The quantitative estimate of drug-likeness (QED) is 0.680. The van der Waals surface area contributed by atoms with Crippen LogP contribution in [0.2, 0.25) is 5.02 Å². The van der Waals surface area contributed by atoms with E-state index in [0.29, 0.717) is 16.7 Å². The third kappa shape index (κ3) is 6.85. The molecule has 8 nitrogen and oxygen atoms in total. The van der Waals surface area contributed by atoms with Crippen molar-refractivity contribution in [2.45, 2.75) is 50.6 Å². The lowest BCUT2D eigenvalue weighted by Gasteiger charge is -2.24. The maximum absolute atomic E-state index is 12.4. The number of carbonyl (C=O) groups is 2. The molecule has 31 heavy (non-hydrogen) atoms. The van der Waals surface area contributed by atoms with Crippen molar-refractivity contribution in [2.24, 2.45) is 4.99 Å². The molecular weight excluding hydrogens is 462 g/mol. The molecule has 11 heteroatoms. The van der Waals surface area contributed by atoms with Crippen LogP contribution in [0.4, 0.5) is 4.79 Å². The van der Waals surface area contributed by atoms with Gasteiger partial charge in [-0.15, -0.1) is 0 Å². The Morgan fingerprint density at radius 3 is 2.58 bits per heavy atom. The molecule has 2 atom stereocenters. The lowest BCUT2D eigenvalue weighted by molar-refractivity contribution is -0.117. The standard InChI is InChI=1S/C20H26ClN3O5S2/c1-20(2,3)29-19(26)22-9-8-17(25)23-18-24(10-13-4-6-14(21)7-5-13)15-11-31(27,28)12-16(15)30-18/h4-7,15-16H,8-12H2,1-3H3,(H,22,26). The molecule has 1 N–H and O–H groups in total. The number of thioether (sulfide) groups is 1. The molecule has 1 aromatic rings. The van der Waals surface area contributed by atoms with E-state index in [1.165, 1.54) is 11.8 Å². The second-order valence-electron chi connectivity index (χ2n) is 8.52. The number of sulfone groups is 1. The number of amidine groups is 1. The van der Waals surface area contributed by atoms with E-state index in [-0.39, 0.29) is 41.7 Å². The molecule has 0 aromatic heterocycles. The number of nitrogens with zero attached hydrogens (tertiary/aromatic N) is 2. The Bertz CT molecular complexity index is 974. The van der Waals surface area contributed by atoms with Crippen molar-refractivity contribution < 1.29 is 22.7 Å². The Kier molecular flexibility index (Phi) is 7.22. The molecule has 3 rings (SSSR count). The van der Waals surface area contributed by atoms with Gasteiger partial charge in [-0.25, -0.2) is 13.2 Å². The highest BCUT2D eigenvalue weighted by atomic mass is 35.5. The van der Waals surface area contributed by atoms with Crippen LogP contribution in [0.3, 0.4) is 0 Å². The van der Waals surface area contributed by atoms with Crippen LogP contribution in [0.5, 0.6) is 0 Å². The number of alkyl carbamates (subject to hydrolysis) is 1. The van der Waals surface area contributed by atoms with E-state index >= 15 is 0 Å². The van der Waals surface area contributed by atoms with Crippen molar-refractivity contribution >= 4 is 50.4 Å². The molecular formula is C20H26ClN3O5S2. The van der Waals surface area contributed by atoms with Crippen molar-refractivity contribution in [3.05, 3.63) is 34.9 Å². The van der Waals surface area contributed by atoms with Gasteiger partial charge in [0.15, 0.2) is 15.0 Å². The van der Waals surface area contributed by atoms with E-state index in [0.717, 1.165) is 5.56 Å². The van der Waals surface area contributed by atoms with Gasteiger partial charge < -0.3 is 15.0 Å². The van der Waals surface area contributed by atoms with Crippen LogP contribution in [0, 0.1) is 0 Å². The van der Waals surface area contributed by atoms with Crippen molar-refractivity contribution in [1.29, 1.82) is 0 Å². The summed E-state index contributed by atoms with van der Waals surface area (Å²) >= 11 is 7.28. The first-order valence-corrected chi connectivity index (χ1v) is 13.0. The van der Waals surface area contributed by atoms with Crippen LogP contribution in [-0.4, -0.2) is 65.4 Å². The van der Waals surface area contributed by atoms with E-state index in [4.69, 9.17) is 16.3 Å². The highest BCUT2D eigenvalue weighted by Crippen LogP contribution is 2.39. The zero-order valence-electron chi connectivity index (χ0n) is 17.6. The number of benzene rings is 1. The summed E-state index contributed by atoms with van der Waals surface area (Å²) < 4.78 is 29.3. The Hall–Kier alpha value is -1.78. The molecule has 1 aromatic carbocycles. The van der Waals surface area contributed by atoms with Crippen LogP contribution < -0.4 is 5.32 Å². The highest BCUT2D eigenvalue weighted by molar-refractivity contribution is 8.15. The van der Waals surface area contributed by atoms with E-state index in [9.17, 15) is 18.0 Å². The fourth-order valence-electron chi connectivity index (χ4n) is 3.36. The number of hydrogen-bond acceptors (Lipinski definition) is 6. The maximum atomic E-state index is 12.4. The van der Waals surface area contributed by atoms with Gasteiger partial charge in [0.05, 0.1) is 17.5 Å². The summed E-state index contributed by atoms with van der Waals surface area (Å²) in [5, 5.41) is 3.52. The molecule has 0 aliphatic carbocycles. The van der Waals surface area contributed by atoms with Crippen molar-refractivity contribution in [3.63, 3.8) is 0 Å². The topological polar surface area (TPSA) is 105 Å². The Morgan fingerprint density at radius 2 is 1.94 bits per heavy atom. The number of hydrogen-bond donors (Lipinski definition) is 1. The molecule has 170 valence electrons. The lowest BCUT2D eigenvalue weighted by atomic mass is 10.1. The fourth-order valence-corrected chi connectivity index (χ4v) is 7.45. The van der Waals surface area contributed by atoms with Crippen LogP contribution in [0.25, 0.3) is 0 Å². The zero-order valence-corrected chi connectivity index (χ0v) is 20.0. The smallest absolute Gasteiger partial charge is 0.407 e. The van der Waals surface area contributed by atoms with E-state index in [1.54, 1.807) is 32.9 Å². The summed E-state index contributed by atoms with van der Waals surface area (Å²) in [6.07, 6.45) is -0.571. The third-order valence-corrected chi connectivity index (χ3v) is 8.17. The minimum Gasteiger partial charge on any atom is -0.444 e. The van der Waals surface area contributed by atoms with Gasteiger partial charge in [-0.05, 0) is 38.5 Å². The van der Waals surface area contributed by atoms with Gasteiger partial charge >= 0.3 is 6.09 Å². The van der Waals surface area contributed by atoms with Crippen LogP contribution in [0.15, 0.2) is 29.3 Å². The molecule has 2 saturated heterocycles. The third-order valence-electron chi connectivity index (χ3n) is 4.67. The van der Waals surface area contributed by atoms with Gasteiger partial charge in [0.25, 0.3) is 0 Å². The molecule has 0 radical (unpaired) electrons. The van der Waals surface area contributed by atoms with Crippen molar-refractivity contribution in [2.75, 3.05) is 18.1 Å². The Labute approximate surface area is 191 Å². The summed E-state index contributed by atoms with van der Waals surface area (Å²) in [6.45, 7) is 5.81. The molecule has 2 unspecified atom stereocenters.